The van der Waals surface area contributed by atoms with E-state index in [0.717, 1.165) is 16.9 Å². The molecule has 1 amide bonds. The summed E-state index contributed by atoms with van der Waals surface area (Å²) in [4.78, 5) is 14.5. The van der Waals surface area contributed by atoms with Crippen molar-refractivity contribution in [1.82, 2.24) is 4.90 Å². The van der Waals surface area contributed by atoms with Gasteiger partial charge in [-0.2, -0.15) is 0 Å². The number of carbonyl (C=O) groups excluding carboxylic acids is 1. The van der Waals surface area contributed by atoms with Gasteiger partial charge in [-0.1, -0.05) is 36.4 Å². The minimum absolute atomic E-state index is 0.0889. The van der Waals surface area contributed by atoms with Crippen LogP contribution in [0.2, 0.25) is 0 Å². The molecule has 0 saturated heterocycles. The average Bonchev–Trinajstić information content (AvgIpc) is 3.23. The molecule has 1 aromatic heterocycles. The molecule has 7 heteroatoms. The summed E-state index contributed by atoms with van der Waals surface area (Å²) in [6.45, 7) is 3.05. The molecular weight excluding hydrogens is 380 g/mol. The summed E-state index contributed by atoms with van der Waals surface area (Å²) < 4.78 is 27.3. The number of thiophene rings is 1. The molecule has 1 heterocycles. The van der Waals surface area contributed by atoms with Gasteiger partial charge in [-0.3, -0.25) is 9.52 Å². The van der Waals surface area contributed by atoms with Crippen molar-refractivity contribution in [3.8, 4) is 0 Å². The van der Waals surface area contributed by atoms with Gasteiger partial charge in [-0.05, 0) is 48.2 Å². The summed E-state index contributed by atoms with van der Waals surface area (Å²) in [6.07, 6.45) is 0. The van der Waals surface area contributed by atoms with Crippen molar-refractivity contribution in [3.05, 3.63) is 83.2 Å². The minimum atomic E-state index is -3.59. The number of sulfonamides is 1. The highest BCUT2D eigenvalue weighted by atomic mass is 32.2. The third-order valence-electron chi connectivity index (χ3n) is 4.03. The lowest BCUT2D eigenvalue weighted by Crippen LogP contribution is -2.30. The molecule has 0 aliphatic carbocycles. The van der Waals surface area contributed by atoms with Crippen LogP contribution < -0.4 is 4.72 Å². The van der Waals surface area contributed by atoms with Crippen molar-refractivity contribution in [2.45, 2.75) is 17.7 Å². The van der Waals surface area contributed by atoms with Crippen LogP contribution in [0.15, 0.2) is 76.3 Å². The fourth-order valence-corrected chi connectivity index (χ4v) is 4.67. The molecule has 3 aromatic rings. The van der Waals surface area contributed by atoms with Gasteiger partial charge in [0.25, 0.3) is 15.9 Å². The normalized spacial score (nSPS) is 11.1. The maximum atomic E-state index is 12.8. The number of amides is 1. The molecule has 0 atom stereocenters. The second kappa shape index (κ2) is 8.37. The Bertz CT molecular complexity index is 983. The van der Waals surface area contributed by atoms with Crippen molar-refractivity contribution >= 4 is 33.0 Å². The van der Waals surface area contributed by atoms with Crippen LogP contribution in [0.25, 0.3) is 0 Å². The number of carbonyl (C=O) groups is 1. The first-order valence-electron chi connectivity index (χ1n) is 8.49. The van der Waals surface area contributed by atoms with E-state index in [1.165, 1.54) is 0 Å². The highest BCUT2D eigenvalue weighted by molar-refractivity contribution is 7.94. The van der Waals surface area contributed by atoms with Crippen molar-refractivity contribution in [1.29, 1.82) is 0 Å². The van der Waals surface area contributed by atoms with Gasteiger partial charge in [-0.15, -0.1) is 11.3 Å². The molecule has 0 spiro atoms. The molecule has 0 radical (unpaired) electrons. The summed E-state index contributed by atoms with van der Waals surface area (Å²) in [5, 5.41) is 1.71. The fourth-order valence-electron chi connectivity index (χ4n) is 2.62. The summed E-state index contributed by atoms with van der Waals surface area (Å²) >= 11 is 1.15. The van der Waals surface area contributed by atoms with E-state index in [1.807, 2.05) is 37.3 Å². The number of anilines is 1. The first kappa shape index (κ1) is 19.1. The molecule has 0 aliphatic heterocycles. The van der Waals surface area contributed by atoms with Crippen LogP contribution >= 0.6 is 11.3 Å². The molecular formula is C20H20N2O3S2. The van der Waals surface area contributed by atoms with Gasteiger partial charge in [0, 0.05) is 24.3 Å². The zero-order chi connectivity index (χ0) is 19.3. The fraction of sp³-hybridized carbons (Fsp3) is 0.150. The van der Waals surface area contributed by atoms with E-state index in [1.54, 1.807) is 46.7 Å². The molecule has 1 N–H and O–H groups in total. The molecule has 0 fully saturated rings. The van der Waals surface area contributed by atoms with Crippen LogP contribution in [0.3, 0.4) is 0 Å². The summed E-state index contributed by atoms with van der Waals surface area (Å²) in [6, 6.07) is 19.5. The van der Waals surface area contributed by atoms with Gasteiger partial charge < -0.3 is 4.90 Å². The van der Waals surface area contributed by atoms with Crippen LogP contribution in [0.4, 0.5) is 5.69 Å². The topological polar surface area (TPSA) is 66.5 Å². The minimum Gasteiger partial charge on any atom is -0.335 e. The zero-order valence-corrected chi connectivity index (χ0v) is 16.5. The molecule has 5 nitrogen and oxygen atoms in total. The Morgan fingerprint density at radius 3 is 2.30 bits per heavy atom. The lowest BCUT2D eigenvalue weighted by Gasteiger charge is -2.21. The third-order valence-corrected chi connectivity index (χ3v) is 6.81. The van der Waals surface area contributed by atoms with E-state index in [-0.39, 0.29) is 10.1 Å². The monoisotopic (exact) mass is 400 g/mol. The van der Waals surface area contributed by atoms with Gasteiger partial charge in [-0.25, -0.2) is 8.42 Å². The second-order valence-electron chi connectivity index (χ2n) is 5.92. The molecule has 27 heavy (non-hydrogen) atoms. The van der Waals surface area contributed by atoms with E-state index in [4.69, 9.17) is 0 Å². The Morgan fingerprint density at radius 2 is 1.70 bits per heavy atom. The number of hydrogen-bond acceptors (Lipinski definition) is 4. The molecule has 3 rings (SSSR count). The number of hydrogen-bond donors (Lipinski definition) is 1. The first-order chi connectivity index (χ1) is 13.0. The molecule has 2 aromatic carbocycles. The Hall–Kier alpha value is -2.64. The van der Waals surface area contributed by atoms with Gasteiger partial charge in [0.15, 0.2) is 0 Å². The summed E-state index contributed by atoms with van der Waals surface area (Å²) in [5.41, 5.74) is 2.01. The lowest BCUT2D eigenvalue weighted by atomic mass is 10.1. The van der Waals surface area contributed by atoms with E-state index in [9.17, 15) is 13.2 Å². The van der Waals surface area contributed by atoms with E-state index >= 15 is 0 Å². The molecule has 140 valence electrons. The lowest BCUT2D eigenvalue weighted by molar-refractivity contribution is 0.0752. The molecule has 0 unspecified atom stereocenters. The van der Waals surface area contributed by atoms with E-state index < -0.39 is 10.0 Å². The molecule has 0 saturated carbocycles. The van der Waals surface area contributed by atoms with Gasteiger partial charge >= 0.3 is 0 Å². The first-order valence-corrected chi connectivity index (χ1v) is 10.9. The van der Waals surface area contributed by atoms with Gasteiger partial charge in [0.1, 0.15) is 4.21 Å². The maximum Gasteiger partial charge on any atom is 0.271 e. The highest BCUT2D eigenvalue weighted by Crippen LogP contribution is 2.21. The van der Waals surface area contributed by atoms with E-state index in [0.29, 0.717) is 24.3 Å². The maximum absolute atomic E-state index is 12.8. The largest absolute Gasteiger partial charge is 0.335 e. The van der Waals surface area contributed by atoms with Crippen LogP contribution in [-0.4, -0.2) is 25.8 Å². The highest BCUT2D eigenvalue weighted by Gasteiger charge is 2.17. The van der Waals surface area contributed by atoms with Gasteiger partial charge in [0.2, 0.25) is 0 Å². The molecule has 0 aliphatic rings. The number of nitrogens with zero attached hydrogens (tertiary/aromatic N) is 1. The predicted octanol–water partition coefficient (Wildman–Crippen LogP) is 4.21. The van der Waals surface area contributed by atoms with Crippen LogP contribution in [0.1, 0.15) is 22.8 Å². The second-order valence-corrected chi connectivity index (χ2v) is 8.78. The Labute approximate surface area is 163 Å². The quantitative estimate of drug-likeness (QED) is 0.646. The Morgan fingerprint density at radius 1 is 1.00 bits per heavy atom. The van der Waals surface area contributed by atoms with Crippen molar-refractivity contribution < 1.29 is 13.2 Å². The van der Waals surface area contributed by atoms with Gasteiger partial charge in [0.05, 0.1) is 0 Å². The number of benzene rings is 2. The summed E-state index contributed by atoms with van der Waals surface area (Å²) in [7, 11) is -3.59. The average molecular weight is 401 g/mol. The summed E-state index contributed by atoms with van der Waals surface area (Å²) in [5.74, 6) is -0.0889. The van der Waals surface area contributed by atoms with Crippen molar-refractivity contribution in [2.24, 2.45) is 0 Å². The van der Waals surface area contributed by atoms with Crippen molar-refractivity contribution in [2.75, 3.05) is 11.3 Å². The molecule has 0 bridgehead atoms. The Kier molecular flexibility index (Phi) is 5.93. The third kappa shape index (κ3) is 4.75. The zero-order valence-electron chi connectivity index (χ0n) is 14.8. The number of rotatable bonds is 7. The van der Waals surface area contributed by atoms with Crippen LogP contribution in [0.5, 0.6) is 0 Å². The number of nitrogens with one attached hydrogen (secondary N) is 1. The Balaban J connectivity index is 1.71. The van der Waals surface area contributed by atoms with Crippen LogP contribution in [-0.2, 0) is 16.6 Å². The van der Waals surface area contributed by atoms with E-state index in [2.05, 4.69) is 4.72 Å². The van der Waals surface area contributed by atoms with Crippen LogP contribution in [0, 0.1) is 0 Å². The SMILES string of the molecule is CCN(Cc1ccccc1)C(=O)c1ccc(NS(=O)(=O)c2cccs2)cc1. The predicted molar refractivity (Wildman–Crippen MR) is 108 cm³/mol. The standard InChI is InChI=1S/C20H20N2O3S2/c1-2-22(15-16-7-4-3-5-8-16)20(23)17-10-12-18(13-11-17)21-27(24,25)19-9-6-14-26-19/h3-14,21H,2,15H2,1H3. The van der Waals surface area contributed by atoms with Crippen molar-refractivity contribution in [3.63, 3.8) is 0 Å². The smallest absolute Gasteiger partial charge is 0.271 e.